The Kier molecular flexibility index (Phi) is 4.92. The van der Waals surface area contributed by atoms with Crippen LogP contribution in [0, 0.1) is 5.41 Å². The first-order chi connectivity index (χ1) is 10.4. The number of anilines is 1. The lowest BCUT2D eigenvalue weighted by atomic mass is 9.94. The van der Waals surface area contributed by atoms with Crippen molar-refractivity contribution >= 4 is 17.3 Å². The number of rotatable bonds is 6. The molecule has 6 heteroatoms. The summed E-state index contributed by atoms with van der Waals surface area (Å²) in [4.78, 5) is 0. The second kappa shape index (κ2) is 6.70. The summed E-state index contributed by atoms with van der Waals surface area (Å²) in [6, 6.07) is 7.90. The van der Waals surface area contributed by atoms with Gasteiger partial charge in [0.1, 0.15) is 5.69 Å². The molecule has 0 fully saturated rings. The second-order valence-electron chi connectivity index (χ2n) is 6.26. The maximum absolute atomic E-state index is 5.78. The lowest BCUT2D eigenvalue weighted by Gasteiger charge is -2.23. The molecule has 22 heavy (non-hydrogen) atoms. The van der Waals surface area contributed by atoms with Gasteiger partial charge in [-0.3, -0.25) is 0 Å². The average Bonchev–Trinajstić information content (AvgIpc) is 2.83. The maximum atomic E-state index is 5.78. The molecule has 1 aromatic carbocycles. The molecule has 2 aromatic rings. The molecule has 6 nitrogen and oxygen atoms in total. The predicted octanol–water partition coefficient (Wildman–Crippen LogP) is 2.66. The van der Waals surface area contributed by atoms with Gasteiger partial charge in [0, 0.05) is 11.7 Å². The standard InChI is InChI=1S/C16H24N6/c1-16(2,11-17)12-18-13-7-5-6-8-14(13)19-20-15-21(3)9-10-22(15)4/h5-10H,11-12,17H2,1-4H3/p+1. The third-order valence-electron chi connectivity index (χ3n) is 3.61. The van der Waals surface area contributed by atoms with E-state index in [1.165, 1.54) is 0 Å². The van der Waals surface area contributed by atoms with Crippen molar-refractivity contribution < 1.29 is 4.57 Å². The molecular weight excluding hydrogens is 276 g/mol. The lowest BCUT2D eigenvalue weighted by molar-refractivity contribution is -0.657. The molecule has 0 aliphatic heterocycles. The number of aryl methyl sites for hydroxylation is 2. The van der Waals surface area contributed by atoms with Crippen LogP contribution in [-0.4, -0.2) is 17.7 Å². The topological polar surface area (TPSA) is 71.6 Å². The fraction of sp³-hybridized carbons (Fsp3) is 0.438. The van der Waals surface area contributed by atoms with Gasteiger partial charge < -0.3 is 11.1 Å². The van der Waals surface area contributed by atoms with Gasteiger partial charge in [-0.25, -0.2) is 9.13 Å². The van der Waals surface area contributed by atoms with E-state index < -0.39 is 0 Å². The number of azo groups is 1. The largest absolute Gasteiger partial charge is 0.421 e. The van der Waals surface area contributed by atoms with E-state index in [2.05, 4.69) is 29.4 Å². The van der Waals surface area contributed by atoms with Gasteiger partial charge in [-0.2, -0.15) is 0 Å². The summed E-state index contributed by atoms with van der Waals surface area (Å²) in [5.74, 6) is 0.789. The van der Waals surface area contributed by atoms with Gasteiger partial charge in [0.05, 0.1) is 32.2 Å². The highest BCUT2D eigenvalue weighted by atomic mass is 15.3. The fourth-order valence-corrected chi connectivity index (χ4v) is 1.94. The first kappa shape index (κ1) is 16.2. The zero-order valence-corrected chi connectivity index (χ0v) is 13.7. The molecule has 0 aliphatic carbocycles. The van der Waals surface area contributed by atoms with Crippen LogP contribution in [0.15, 0.2) is 46.9 Å². The number of hydrogen-bond donors (Lipinski definition) is 2. The highest BCUT2D eigenvalue weighted by molar-refractivity contribution is 5.64. The van der Waals surface area contributed by atoms with Crippen molar-refractivity contribution in [3.63, 3.8) is 0 Å². The second-order valence-corrected chi connectivity index (χ2v) is 6.26. The summed E-state index contributed by atoms with van der Waals surface area (Å²) in [6.07, 6.45) is 3.89. The molecule has 0 spiro atoms. The number of nitrogens with zero attached hydrogens (tertiary/aromatic N) is 4. The first-order valence-corrected chi connectivity index (χ1v) is 7.38. The van der Waals surface area contributed by atoms with Gasteiger partial charge in [-0.05, 0) is 24.1 Å². The van der Waals surface area contributed by atoms with Gasteiger partial charge in [0.15, 0.2) is 0 Å². The van der Waals surface area contributed by atoms with Crippen LogP contribution in [0.2, 0.25) is 0 Å². The zero-order valence-electron chi connectivity index (χ0n) is 13.7. The van der Waals surface area contributed by atoms with Crippen LogP contribution in [-0.2, 0) is 14.1 Å². The average molecular weight is 301 g/mol. The highest BCUT2D eigenvalue weighted by Gasteiger charge is 2.16. The molecule has 3 N–H and O–H groups in total. The minimum atomic E-state index is 0.0365. The highest BCUT2D eigenvalue weighted by Crippen LogP contribution is 2.27. The summed E-state index contributed by atoms with van der Waals surface area (Å²) in [5, 5.41) is 12.1. The lowest BCUT2D eigenvalue weighted by Crippen LogP contribution is -2.31. The molecule has 0 radical (unpaired) electrons. The zero-order chi connectivity index (χ0) is 16.2. The van der Waals surface area contributed by atoms with E-state index in [-0.39, 0.29) is 5.41 Å². The molecule has 0 aliphatic rings. The predicted molar refractivity (Wildman–Crippen MR) is 88.5 cm³/mol. The molecule has 2 rings (SSSR count). The SMILES string of the molecule is Cn1cc[n+](C)c1N=Nc1ccccc1NCC(C)(C)CN. The van der Waals surface area contributed by atoms with Crippen molar-refractivity contribution in [3.8, 4) is 0 Å². The molecule has 1 heterocycles. The van der Waals surface area contributed by atoms with E-state index in [4.69, 9.17) is 5.73 Å². The summed E-state index contributed by atoms with van der Waals surface area (Å²) in [5.41, 5.74) is 7.59. The number of nitrogens with two attached hydrogens (primary N) is 1. The minimum absolute atomic E-state index is 0.0365. The molecule has 0 unspecified atom stereocenters. The number of imidazole rings is 1. The molecule has 0 saturated carbocycles. The van der Waals surface area contributed by atoms with Crippen LogP contribution in [0.1, 0.15) is 13.8 Å². The Bertz CT molecular complexity index is 637. The number of nitrogens with one attached hydrogen (secondary N) is 1. The van der Waals surface area contributed by atoms with Crippen molar-refractivity contribution in [2.75, 3.05) is 18.4 Å². The van der Waals surface area contributed by atoms with Crippen LogP contribution >= 0.6 is 0 Å². The Morgan fingerprint density at radius 1 is 1.27 bits per heavy atom. The Morgan fingerprint density at radius 3 is 2.64 bits per heavy atom. The maximum Gasteiger partial charge on any atom is 0.421 e. The first-order valence-electron chi connectivity index (χ1n) is 7.38. The van der Waals surface area contributed by atoms with Gasteiger partial charge in [0.25, 0.3) is 0 Å². The fourth-order valence-electron chi connectivity index (χ4n) is 1.94. The number of benzene rings is 1. The van der Waals surface area contributed by atoms with E-state index in [1.807, 2.05) is 59.9 Å². The smallest absolute Gasteiger partial charge is 0.383 e. The van der Waals surface area contributed by atoms with Crippen molar-refractivity contribution in [1.82, 2.24) is 4.57 Å². The summed E-state index contributed by atoms with van der Waals surface area (Å²) in [6.45, 7) is 5.68. The minimum Gasteiger partial charge on any atom is -0.383 e. The Hall–Kier alpha value is -2.21. The van der Waals surface area contributed by atoms with Gasteiger partial charge in [-0.1, -0.05) is 31.1 Å². The third-order valence-corrected chi connectivity index (χ3v) is 3.61. The van der Waals surface area contributed by atoms with Gasteiger partial charge in [0.2, 0.25) is 0 Å². The molecular formula is C16H25N6+. The monoisotopic (exact) mass is 301 g/mol. The van der Waals surface area contributed by atoms with Crippen LogP contribution in [0.5, 0.6) is 0 Å². The number of aromatic nitrogens is 2. The molecule has 0 atom stereocenters. The van der Waals surface area contributed by atoms with E-state index >= 15 is 0 Å². The van der Waals surface area contributed by atoms with E-state index in [1.54, 1.807) is 0 Å². The Labute approximate surface area is 131 Å². The number of para-hydroxylation sites is 1. The van der Waals surface area contributed by atoms with Gasteiger partial charge >= 0.3 is 5.95 Å². The number of hydrogen-bond acceptors (Lipinski definition) is 4. The van der Waals surface area contributed by atoms with Crippen LogP contribution in [0.4, 0.5) is 17.3 Å². The summed E-state index contributed by atoms with van der Waals surface area (Å²) >= 11 is 0. The van der Waals surface area contributed by atoms with E-state index in [0.717, 1.165) is 23.9 Å². The summed E-state index contributed by atoms with van der Waals surface area (Å²) in [7, 11) is 3.89. The Balaban J connectivity index is 2.18. The van der Waals surface area contributed by atoms with E-state index in [9.17, 15) is 0 Å². The van der Waals surface area contributed by atoms with Crippen molar-refractivity contribution in [1.29, 1.82) is 0 Å². The summed E-state index contributed by atoms with van der Waals surface area (Å²) < 4.78 is 3.86. The normalized spacial score (nSPS) is 12.0. The van der Waals surface area contributed by atoms with Crippen LogP contribution < -0.4 is 15.6 Å². The molecule has 0 amide bonds. The molecule has 0 bridgehead atoms. The van der Waals surface area contributed by atoms with Crippen molar-refractivity contribution in [2.45, 2.75) is 13.8 Å². The van der Waals surface area contributed by atoms with Crippen molar-refractivity contribution in [3.05, 3.63) is 36.7 Å². The quantitative estimate of drug-likeness (QED) is 0.636. The third kappa shape index (κ3) is 3.92. The molecule has 0 saturated heterocycles. The van der Waals surface area contributed by atoms with Crippen LogP contribution in [0.3, 0.4) is 0 Å². The molecule has 118 valence electrons. The van der Waals surface area contributed by atoms with Crippen LogP contribution in [0.25, 0.3) is 0 Å². The molecule has 1 aromatic heterocycles. The Morgan fingerprint density at radius 2 is 2.00 bits per heavy atom. The van der Waals surface area contributed by atoms with Gasteiger partial charge in [-0.15, -0.1) is 0 Å². The van der Waals surface area contributed by atoms with Crippen molar-refractivity contribution in [2.24, 2.45) is 35.5 Å². The van der Waals surface area contributed by atoms with E-state index in [0.29, 0.717) is 6.54 Å².